The molecule has 1 aromatic heterocycles. The summed E-state index contributed by atoms with van der Waals surface area (Å²) in [6.45, 7) is 0. The van der Waals surface area contributed by atoms with Crippen molar-refractivity contribution < 1.29 is 9.32 Å². The number of aromatic nitrogens is 1. The molecule has 2 rings (SSSR count). The third-order valence-electron chi connectivity index (χ3n) is 1.92. The van der Waals surface area contributed by atoms with Crippen LogP contribution in [0.3, 0.4) is 0 Å². The summed E-state index contributed by atoms with van der Waals surface area (Å²) in [7, 11) is 0. The Balaban J connectivity index is 2.15. The molecule has 2 aromatic rings. The molecule has 0 atom stereocenters. The van der Waals surface area contributed by atoms with Gasteiger partial charge in [0, 0.05) is 12.5 Å². The first-order valence-electron chi connectivity index (χ1n) is 4.33. The molecule has 0 N–H and O–H groups in total. The lowest BCUT2D eigenvalue weighted by molar-refractivity contribution is 0.111. The van der Waals surface area contributed by atoms with Gasteiger partial charge in [0.2, 0.25) is 0 Å². The maximum Gasteiger partial charge on any atom is 0.171 e. The first kappa shape index (κ1) is 8.69. The highest BCUT2D eigenvalue weighted by Gasteiger charge is 2.03. The van der Waals surface area contributed by atoms with Gasteiger partial charge in [0.05, 0.1) is 0 Å². The van der Waals surface area contributed by atoms with E-state index in [2.05, 4.69) is 5.16 Å². The molecule has 0 unspecified atom stereocenters. The van der Waals surface area contributed by atoms with Gasteiger partial charge in [-0.15, -0.1) is 0 Å². The van der Waals surface area contributed by atoms with Gasteiger partial charge in [-0.05, 0) is 5.56 Å². The number of aldehydes is 1. The largest absolute Gasteiger partial charge is 0.360 e. The number of rotatable bonds is 3. The van der Waals surface area contributed by atoms with Crippen molar-refractivity contribution in [2.24, 2.45) is 0 Å². The number of hydrogen-bond acceptors (Lipinski definition) is 3. The molecule has 0 saturated carbocycles. The van der Waals surface area contributed by atoms with E-state index in [1.165, 1.54) is 0 Å². The third kappa shape index (κ3) is 1.88. The van der Waals surface area contributed by atoms with E-state index in [1.807, 2.05) is 30.3 Å². The third-order valence-corrected chi connectivity index (χ3v) is 1.92. The van der Waals surface area contributed by atoms with Crippen LogP contribution < -0.4 is 0 Å². The molecule has 0 spiro atoms. The van der Waals surface area contributed by atoms with Crippen molar-refractivity contribution in [3.63, 3.8) is 0 Å². The molecule has 0 bridgehead atoms. The highest BCUT2D eigenvalue weighted by molar-refractivity contribution is 5.71. The quantitative estimate of drug-likeness (QED) is 0.691. The molecule has 1 aromatic carbocycles. The van der Waals surface area contributed by atoms with E-state index in [1.54, 1.807) is 6.07 Å². The molecule has 0 radical (unpaired) electrons. The van der Waals surface area contributed by atoms with Crippen molar-refractivity contribution in [3.8, 4) is 0 Å². The van der Waals surface area contributed by atoms with Crippen LogP contribution in [0.25, 0.3) is 0 Å². The zero-order valence-corrected chi connectivity index (χ0v) is 7.51. The van der Waals surface area contributed by atoms with Crippen LogP contribution in [0.2, 0.25) is 0 Å². The minimum Gasteiger partial charge on any atom is -0.360 e. The van der Waals surface area contributed by atoms with Crippen LogP contribution in [0.5, 0.6) is 0 Å². The number of hydrogen-bond donors (Lipinski definition) is 0. The molecule has 70 valence electrons. The predicted octanol–water partition coefficient (Wildman–Crippen LogP) is 2.08. The monoisotopic (exact) mass is 187 g/mol. The molecule has 14 heavy (non-hydrogen) atoms. The van der Waals surface area contributed by atoms with Crippen LogP contribution in [-0.2, 0) is 6.42 Å². The average molecular weight is 187 g/mol. The van der Waals surface area contributed by atoms with Crippen LogP contribution in [0.1, 0.15) is 21.8 Å². The Morgan fingerprint density at radius 1 is 1.29 bits per heavy atom. The molecular weight excluding hydrogens is 178 g/mol. The lowest BCUT2D eigenvalue weighted by Crippen LogP contribution is -1.83. The minimum atomic E-state index is 0.343. The fourth-order valence-corrected chi connectivity index (χ4v) is 1.26. The summed E-state index contributed by atoms with van der Waals surface area (Å²) in [6.07, 6.45) is 1.35. The first-order chi connectivity index (χ1) is 6.88. The molecule has 0 aliphatic rings. The zero-order chi connectivity index (χ0) is 9.80. The van der Waals surface area contributed by atoms with E-state index in [-0.39, 0.29) is 0 Å². The van der Waals surface area contributed by atoms with Crippen molar-refractivity contribution in [1.29, 1.82) is 0 Å². The maximum absolute atomic E-state index is 10.3. The van der Waals surface area contributed by atoms with Crippen LogP contribution in [0.15, 0.2) is 40.9 Å². The van der Waals surface area contributed by atoms with Crippen LogP contribution in [-0.4, -0.2) is 11.4 Å². The summed E-state index contributed by atoms with van der Waals surface area (Å²) in [5, 5.41) is 3.59. The fraction of sp³-hybridized carbons (Fsp3) is 0.0909. The topological polar surface area (TPSA) is 43.1 Å². The van der Waals surface area contributed by atoms with E-state index < -0.39 is 0 Å². The zero-order valence-electron chi connectivity index (χ0n) is 7.51. The lowest BCUT2D eigenvalue weighted by atomic mass is 10.1. The Hall–Kier alpha value is -1.90. The second-order valence-corrected chi connectivity index (χ2v) is 3.00. The van der Waals surface area contributed by atoms with E-state index >= 15 is 0 Å². The molecule has 1 heterocycles. The Morgan fingerprint density at radius 2 is 2.07 bits per heavy atom. The van der Waals surface area contributed by atoms with Gasteiger partial charge in [-0.1, -0.05) is 35.5 Å². The van der Waals surface area contributed by atoms with Crippen LogP contribution >= 0.6 is 0 Å². The molecule has 0 amide bonds. The standard InChI is InChI=1S/C11H9NO2/c13-8-10-7-11(14-12-10)6-9-4-2-1-3-5-9/h1-5,7-8H,6H2. The van der Waals surface area contributed by atoms with Crippen molar-refractivity contribution in [3.05, 3.63) is 53.4 Å². The van der Waals surface area contributed by atoms with E-state index in [0.717, 1.165) is 5.56 Å². The van der Waals surface area contributed by atoms with Gasteiger partial charge >= 0.3 is 0 Å². The van der Waals surface area contributed by atoms with E-state index in [4.69, 9.17) is 4.52 Å². The lowest BCUT2D eigenvalue weighted by Gasteiger charge is -1.94. The molecule has 0 aliphatic heterocycles. The van der Waals surface area contributed by atoms with Gasteiger partial charge < -0.3 is 4.52 Å². The van der Waals surface area contributed by atoms with E-state index in [9.17, 15) is 4.79 Å². The van der Waals surface area contributed by atoms with Gasteiger partial charge in [0.15, 0.2) is 6.29 Å². The van der Waals surface area contributed by atoms with Gasteiger partial charge in [0.1, 0.15) is 11.5 Å². The number of carbonyl (C=O) groups is 1. The van der Waals surface area contributed by atoms with Crippen molar-refractivity contribution in [2.45, 2.75) is 6.42 Å². The molecular formula is C11H9NO2. The second-order valence-electron chi connectivity index (χ2n) is 3.00. The summed E-state index contributed by atoms with van der Waals surface area (Å²) in [5.74, 6) is 0.707. The molecule has 3 nitrogen and oxygen atoms in total. The summed E-state index contributed by atoms with van der Waals surface area (Å²) in [6, 6.07) is 11.5. The normalized spacial score (nSPS) is 10.0. The van der Waals surface area contributed by atoms with Gasteiger partial charge in [-0.3, -0.25) is 4.79 Å². The minimum absolute atomic E-state index is 0.343. The Bertz CT molecular complexity index is 420. The van der Waals surface area contributed by atoms with Crippen molar-refractivity contribution in [2.75, 3.05) is 0 Å². The van der Waals surface area contributed by atoms with Crippen LogP contribution in [0, 0.1) is 0 Å². The van der Waals surface area contributed by atoms with Gasteiger partial charge in [-0.2, -0.15) is 0 Å². The first-order valence-corrected chi connectivity index (χ1v) is 4.33. The Morgan fingerprint density at radius 3 is 2.71 bits per heavy atom. The number of carbonyl (C=O) groups excluding carboxylic acids is 1. The number of nitrogens with zero attached hydrogens (tertiary/aromatic N) is 1. The van der Waals surface area contributed by atoms with Crippen LogP contribution in [0.4, 0.5) is 0 Å². The second kappa shape index (κ2) is 3.87. The van der Waals surface area contributed by atoms with E-state index in [0.29, 0.717) is 24.2 Å². The molecule has 0 aliphatic carbocycles. The molecule has 0 fully saturated rings. The predicted molar refractivity (Wildman–Crippen MR) is 51.1 cm³/mol. The van der Waals surface area contributed by atoms with Crippen molar-refractivity contribution >= 4 is 6.29 Å². The smallest absolute Gasteiger partial charge is 0.171 e. The molecule has 0 saturated heterocycles. The highest BCUT2D eigenvalue weighted by Crippen LogP contribution is 2.09. The summed E-state index contributed by atoms with van der Waals surface area (Å²) in [4.78, 5) is 10.3. The summed E-state index contributed by atoms with van der Waals surface area (Å²) in [5.41, 5.74) is 1.48. The van der Waals surface area contributed by atoms with Gasteiger partial charge in [0.25, 0.3) is 0 Å². The summed E-state index contributed by atoms with van der Waals surface area (Å²) < 4.78 is 4.98. The Kier molecular flexibility index (Phi) is 2.40. The molecule has 3 heteroatoms. The highest BCUT2D eigenvalue weighted by atomic mass is 16.5. The maximum atomic E-state index is 10.3. The van der Waals surface area contributed by atoms with Crippen molar-refractivity contribution in [1.82, 2.24) is 5.16 Å². The fourth-order valence-electron chi connectivity index (χ4n) is 1.26. The number of benzene rings is 1. The summed E-state index contributed by atoms with van der Waals surface area (Å²) >= 11 is 0. The SMILES string of the molecule is O=Cc1cc(Cc2ccccc2)on1. The average Bonchev–Trinajstić information content (AvgIpc) is 2.67. The van der Waals surface area contributed by atoms with Gasteiger partial charge in [-0.25, -0.2) is 0 Å². The Labute approximate surface area is 81.3 Å².